The van der Waals surface area contributed by atoms with E-state index in [-0.39, 0.29) is 5.91 Å². The van der Waals surface area contributed by atoms with Gasteiger partial charge >= 0.3 is 0 Å². The third-order valence-corrected chi connectivity index (χ3v) is 6.96. The molecule has 6 nitrogen and oxygen atoms in total. The van der Waals surface area contributed by atoms with Crippen molar-refractivity contribution in [1.82, 2.24) is 20.0 Å². The van der Waals surface area contributed by atoms with E-state index in [9.17, 15) is 4.79 Å². The number of para-hydroxylation sites is 1. The maximum absolute atomic E-state index is 12.9. The van der Waals surface area contributed by atoms with Gasteiger partial charge in [-0.1, -0.05) is 47.1 Å². The van der Waals surface area contributed by atoms with Crippen molar-refractivity contribution in [2.24, 2.45) is 0 Å². The molecule has 7 heteroatoms. The van der Waals surface area contributed by atoms with Gasteiger partial charge in [0, 0.05) is 37.4 Å². The quantitative estimate of drug-likeness (QED) is 0.444. The molecule has 0 spiro atoms. The van der Waals surface area contributed by atoms with Crippen LogP contribution in [0.1, 0.15) is 41.6 Å². The highest BCUT2D eigenvalue weighted by molar-refractivity contribution is 7.18. The molecule has 1 amide bonds. The summed E-state index contributed by atoms with van der Waals surface area (Å²) in [5, 5.41) is 5.20. The van der Waals surface area contributed by atoms with Gasteiger partial charge in [0.1, 0.15) is 0 Å². The number of hydrogen-bond acceptors (Lipinski definition) is 6. The van der Waals surface area contributed by atoms with E-state index in [0.29, 0.717) is 30.5 Å². The lowest BCUT2D eigenvalue weighted by Crippen LogP contribution is -2.39. The summed E-state index contributed by atoms with van der Waals surface area (Å²) in [6.07, 6.45) is 2.92. The van der Waals surface area contributed by atoms with Crippen LogP contribution in [0.5, 0.6) is 0 Å². The molecule has 4 aromatic rings. The molecule has 1 unspecified atom stereocenters. The average molecular weight is 433 g/mol. The maximum Gasteiger partial charge on any atom is 0.227 e. The number of carbonyl (C=O) groups is 1. The molecular weight excluding hydrogens is 408 g/mol. The van der Waals surface area contributed by atoms with Gasteiger partial charge in [0.2, 0.25) is 17.6 Å². The van der Waals surface area contributed by atoms with E-state index in [1.54, 1.807) is 11.3 Å². The van der Waals surface area contributed by atoms with Gasteiger partial charge in [-0.2, -0.15) is 4.98 Å². The van der Waals surface area contributed by atoms with Gasteiger partial charge < -0.3 is 9.42 Å². The van der Waals surface area contributed by atoms with Crippen LogP contribution in [-0.4, -0.2) is 39.0 Å². The first-order valence-electron chi connectivity index (χ1n) is 10.7. The predicted molar refractivity (Wildman–Crippen MR) is 121 cm³/mol. The van der Waals surface area contributed by atoms with Crippen LogP contribution in [0.2, 0.25) is 0 Å². The molecule has 0 saturated carbocycles. The van der Waals surface area contributed by atoms with Crippen LogP contribution in [0.15, 0.2) is 53.1 Å². The molecule has 0 bridgehead atoms. The number of rotatable bonds is 5. The summed E-state index contributed by atoms with van der Waals surface area (Å²) in [7, 11) is 0. The number of aryl methyl sites for hydroxylation is 2. The first kappa shape index (κ1) is 19.9. The largest absolute Gasteiger partial charge is 0.342 e. The first-order chi connectivity index (χ1) is 15.2. The number of aromatic nitrogens is 3. The zero-order chi connectivity index (χ0) is 21.2. The van der Waals surface area contributed by atoms with E-state index in [0.717, 1.165) is 42.0 Å². The number of amides is 1. The van der Waals surface area contributed by atoms with Gasteiger partial charge in [-0.3, -0.25) is 4.79 Å². The van der Waals surface area contributed by atoms with Gasteiger partial charge in [0.05, 0.1) is 15.2 Å². The second-order valence-electron chi connectivity index (χ2n) is 8.08. The highest BCUT2D eigenvalue weighted by Gasteiger charge is 2.27. The Hall–Kier alpha value is -3.06. The van der Waals surface area contributed by atoms with Crippen LogP contribution >= 0.6 is 11.3 Å². The Morgan fingerprint density at radius 2 is 2.00 bits per heavy atom. The van der Waals surface area contributed by atoms with E-state index in [4.69, 9.17) is 9.51 Å². The fourth-order valence-corrected chi connectivity index (χ4v) is 5.11. The Bertz CT molecular complexity index is 1160. The van der Waals surface area contributed by atoms with E-state index in [1.165, 1.54) is 10.3 Å². The number of benzene rings is 2. The summed E-state index contributed by atoms with van der Waals surface area (Å²) in [6.45, 7) is 3.58. The molecule has 3 heterocycles. The van der Waals surface area contributed by atoms with Crippen LogP contribution in [0.25, 0.3) is 21.6 Å². The van der Waals surface area contributed by atoms with Crippen LogP contribution in [-0.2, 0) is 11.2 Å². The lowest BCUT2D eigenvalue weighted by Gasteiger charge is -2.31. The van der Waals surface area contributed by atoms with Crippen molar-refractivity contribution >= 4 is 27.5 Å². The number of thiazole rings is 1. The van der Waals surface area contributed by atoms with Crippen LogP contribution in [0.4, 0.5) is 0 Å². The summed E-state index contributed by atoms with van der Waals surface area (Å²) >= 11 is 1.75. The highest BCUT2D eigenvalue weighted by atomic mass is 32.1. The summed E-state index contributed by atoms with van der Waals surface area (Å²) in [6, 6.07) is 16.2. The van der Waals surface area contributed by atoms with Crippen molar-refractivity contribution in [3.8, 4) is 11.4 Å². The minimum atomic E-state index is 0.140. The van der Waals surface area contributed by atoms with Crippen molar-refractivity contribution in [3.63, 3.8) is 0 Å². The van der Waals surface area contributed by atoms with Crippen molar-refractivity contribution in [3.05, 3.63) is 65.0 Å². The zero-order valence-electron chi connectivity index (χ0n) is 17.5. The minimum absolute atomic E-state index is 0.140. The second-order valence-corrected chi connectivity index (χ2v) is 9.14. The molecule has 1 saturated heterocycles. The van der Waals surface area contributed by atoms with Crippen LogP contribution in [0, 0.1) is 6.92 Å². The molecular formula is C24H24N4O2S. The van der Waals surface area contributed by atoms with Crippen molar-refractivity contribution in [2.75, 3.05) is 13.1 Å². The number of fused-ring (bicyclic) bond motifs is 1. The van der Waals surface area contributed by atoms with Gasteiger partial charge in [-0.05, 0) is 31.9 Å². The lowest BCUT2D eigenvalue weighted by molar-refractivity contribution is -0.132. The molecule has 2 aromatic carbocycles. The molecule has 158 valence electrons. The Morgan fingerprint density at radius 3 is 2.84 bits per heavy atom. The van der Waals surface area contributed by atoms with E-state index >= 15 is 0 Å². The molecule has 1 aliphatic rings. The summed E-state index contributed by atoms with van der Waals surface area (Å²) in [5.41, 5.74) is 3.15. The SMILES string of the molecule is Cc1ccc(-c2noc(CCC(=O)N3CCCC(c4nc5ccccc5s4)C3)n2)cc1. The molecule has 0 aliphatic carbocycles. The number of piperidine rings is 1. The standard InChI is InChI=1S/C24H24N4O2S/c1-16-8-10-17(11-9-16)23-26-21(30-27-23)12-13-22(29)28-14-4-5-18(15-28)24-25-19-6-2-3-7-20(19)31-24/h2-3,6-11,18H,4-5,12-15H2,1H3. The predicted octanol–water partition coefficient (Wildman–Crippen LogP) is 4.99. The average Bonchev–Trinajstić information content (AvgIpc) is 3.45. The van der Waals surface area contributed by atoms with Crippen LogP contribution in [0.3, 0.4) is 0 Å². The Balaban J connectivity index is 1.20. The number of nitrogens with zero attached hydrogens (tertiary/aromatic N) is 4. The van der Waals surface area contributed by atoms with Crippen molar-refractivity contribution in [1.29, 1.82) is 0 Å². The maximum atomic E-state index is 12.9. The van der Waals surface area contributed by atoms with Gasteiger partial charge in [-0.15, -0.1) is 11.3 Å². The Kier molecular flexibility index (Phi) is 5.51. The monoisotopic (exact) mass is 432 g/mol. The number of hydrogen-bond donors (Lipinski definition) is 0. The van der Waals surface area contributed by atoms with Crippen molar-refractivity contribution < 1.29 is 9.32 Å². The topological polar surface area (TPSA) is 72.1 Å². The second kappa shape index (κ2) is 8.59. The number of likely N-dealkylation sites (tertiary alicyclic amines) is 1. The van der Waals surface area contributed by atoms with Gasteiger partial charge in [0.15, 0.2) is 0 Å². The summed E-state index contributed by atoms with van der Waals surface area (Å²) in [5.74, 6) is 1.52. The smallest absolute Gasteiger partial charge is 0.227 e. The molecule has 0 N–H and O–H groups in total. The molecule has 1 fully saturated rings. The van der Waals surface area contributed by atoms with Gasteiger partial charge in [0.25, 0.3) is 0 Å². The molecule has 31 heavy (non-hydrogen) atoms. The van der Waals surface area contributed by atoms with Crippen LogP contribution < -0.4 is 0 Å². The molecule has 2 aromatic heterocycles. The zero-order valence-corrected chi connectivity index (χ0v) is 18.3. The molecule has 0 radical (unpaired) electrons. The number of carbonyl (C=O) groups excluding carboxylic acids is 1. The first-order valence-corrected chi connectivity index (χ1v) is 11.5. The normalized spacial score (nSPS) is 16.7. The van der Waals surface area contributed by atoms with E-state index in [1.807, 2.05) is 48.2 Å². The van der Waals surface area contributed by atoms with Gasteiger partial charge in [-0.25, -0.2) is 4.98 Å². The molecule has 1 atom stereocenters. The summed E-state index contributed by atoms with van der Waals surface area (Å²) in [4.78, 5) is 24.1. The Morgan fingerprint density at radius 1 is 1.16 bits per heavy atom. The fourth-order valence-electron chi connectivity index (χ4n) is 4.02. The molecule has 5 rings (SSSR count). The minimum Gasteiger partial charge on any atom is -0.342 e. The van der Waals surface area contributed by atoms with Crippen molar-refractivity contribution in [2.45, 2.75) is 38.5 Å². The highest BCUT2D eigenvalue weighted by Crippen LogP contribution is 2.33. The third-order valence-electron chi connectivity index (χ3n) is 5.76. The van der Waals surface area contributed by atoms with E-state index in [2.05, 4.69) is 22.3 Å². The Labute approximate surface area is 184 Å². The molecule has 1 aliphatic heterocycles. The third kappa shape index (κ3) is 4.37. The van der Waals surface area contributed by atoms with E-state index < -0.39 is 0 Å². The lowest BCUT2D eigenvalue weighted by atomic mass is 9.98. The fraction of sp³-hybridized carbons (Fsp3) is 0.333. The summed E-state index contributed by atoms with van der Waals surface area (Å²) < 4.78 is 6.58.